The van der Waals surface area contributed by atoms with Crippen molar-refractivity contribution in [1.29, 1.82) is 0 Å². The highest BCUT2D eigenvalue weighted by molar-refractivity contribution is 5.72. The Morgan fingerprint density at radius 2 is 0.736 bits per heavy atom. The lowest BCUT2D eigenvalue weighted by atomic mass is 9.71. The van der Waals surface area contributed by atoms with Gasteiger partial charge in [0.05, 0.1) is 19.8 Å². The van der Waals surface area contributed by atoms with Crippen LogP contribution in [0.25, 0.3) is 0 Å². The molecule has 0 aliphatic rings. The molecular formula is C41H51N3O9. The molecule has 0 aromatic heterocycles. The van der Waals surface area contributed by atoms with Crippen LogP contribution in [0.4, 0.5) is 14.4 Å². The number of benzene rings is 3. The van der Waals surface area contributed by atoms with Gasteiger partial charge in [-0.15, -0.1) is 0 Å². The number of hydrogen-bond donors (Lipinski definition) is 3. The third-order valence-electron chi connectivity index (χ3n) is 7.63. The Labute approximate surface area is 312 Å². The van der Waals surface area contributed by atoms with E-state index in [4.69, 9.17) is 28.4 Å². The van der Waals surface area contributed by atoms with Crippen LogP contribution in [0.5, 0.6) is 17.2 Å². The van der Waals surface area contributed by atoms with Gasteiger partial charge in [0.15, 0.2) is 0 Å². The van der Waals surface area contributed by atoms with Crippen LogP contribution in [0.2, 0.25) is 0 Å². The van der Waals surface area contributed by atoms with Crippen molar-refractivity contribution in [3.8, 4) is 17.2 Å². The molecule has 12 nitrogen and oxygen atoms in total. The van der Waals surface area contributed by atoms with E-state index in [2.05, 4.69) is 35.7 Å². The fourth-order valence-corrected chi connectivity index (χ4v) is 4.90. The molecule has 0 saturated heterocycles. The summed E-state index contributed by atoms with van der Waals surface area (Å²) >= 11 is 0. The second kappa shape index (κ2) is 20.0. The van der Waals surface area contributed by atoms with Gasteiger partial charge < -0.3 is 28.4 Å². The van der Waals surface area contributed by atoms with Gasteiger partial charge in [0.2, 0.25) is 0 Å². The van der Waals surface area contributed by atoms with Crippen molar-refractivity contribution < 1.29 is 42.8 Å². The van der Waals surface area contributed by atoms with Crippen LogP contribution in [-0.2, 0) is 19.6 Å². The number of nitrogens with one attached hydrogen (secondary N) is 3. The largest absolute Gasteiger partial charge is 0.414 e. The lowest BCUT2D eigenvalue weighted by molar-refractivity contribution is 0.0589. The molecule has 3 amide bonds. The van der Waals surface area contributed by atoms with Crippen molar-refractivity contribution in [2.24, 2.45) is 0 Å². The fraction of sp³-hybridized carbons (Fsp3) is 0.341. The molecule has 284 valence electrons. The molecule has 3 N–H and O–H groups in total. The smallest absolute Gasteiger partial charge is 0.410 e. The second-order valence-electron chi connectivity index (χ2n) is 13.0. The maximum absolute atomic E-state index is 12.5. The van der Waals surface area contributed by atoms with E-state index in [9.17, 15) is 14.4 Å². The van der Waals surface area contributed by atoms with Gasteiger partial charge in [0.1, 0.15) is 35.9 Å². The van der Waals surface area contributed by atoms with Gasteiger partial charge in [0, 0.05) is 5.41 Å². The molecule has 12 heteroatoms. The van der Waals surface area contributed by atoms with Crippen molar-refractivity contribution in [2.45, 2.75) is 72.6 Å². The molecule has 3 aromatic carbocycles. The van der Waals surface area contributed by atoms with E-state index < -0.39 is 42.4 Å². The van der Waals surface area contributed by atoms with E-state index in [1.807, 2.05) is 64.1 Å². The fourth-order valence-electron chi connectivity index (χ4n) is 4.90. The first-order chi connectivity index (χ1) is 25.0. The lowest BCUT2D eigenvalue weighted by Crippen LogP contribution is -2.37. The molecule has 0 spiro atoms. The quantitative estimate of drug-likeness (QED) is 0.0672. The van der Waals surface area contributed by atoms with Crippen molar-refractivity contribution in [1.82, 2.24) is 16.0 Å². The number of rotatable bonds is 18. The van der Waals surface area contributed by atoms with Gasteiger partial charge in [-0.1, -0.05) is 72.9 Å². The van der Waals surface area contributed by atoms with E-state index in [0.29, 0.717) is 37.1 Å². The standard InChI is InChI=1S/C41H51N3O9/c1-26(2)23-48-29(7)42-38(45)51-35-17-11-32(12-18-35)41(10,33-13-19-36(20-14-33)52-39(46)43-30(8)49-24-27(3)4)34-15-21-37(22-16-34)53-40(47)44-31(9)50-25-28(5)6/h11-22,29-31H,1,3,5,23-25H2,2,4,6-10H3,(H,42,45)(H,43,46)(H,44,47). The summed E-state index contributed by atoms with van der Waals surface area (Å²) in [5.74, 6) is 0.981. The summed E-state index contributed by atoms with van der Waals surface area (Å²) in [5, 5.41) is 7.90. The molecule has 3 atom stereocenters. The summed E-state index contributed by atoms with van der Waals surface area (Å²) in [6, 6.07) is 21.3. The van der Waals surface area contributed by atoms with Gasteiger partial charge in [-0.25, -0.2) is 14.4 Å². The predicted molar refractivity (Wildman–Crippen MR) is 203 cm³/mol. The Bertz CT molecular complexity index is 1520. The van der Waals surface area contributed by atoms with Crippen LogP contribution in [0, 0.1) is 0 Å². The van der Waals surface area contributed by atoms with Gasteiger partial charge in [-0.2, -0.15) is 0 Å². The summed E-state index contributed by atoms with van der Waals surface area (Å²) in [6.07, 6.45) is -3.72. The second-order valence-corrected chi connectivity index (χ2v) is 13.0. The van der Waals surface area contributed by atoms with E-state index >= 15 is 0 Å². The van der Waals surface area contributed by atoms with Crippen LogP contribution in [0.3, 0.4) is 0 Å². The lowest BCUT2D eigenvalue weighted by Gasteiger charge is -2.32. The third kappa shape index (κ3) is 13.9. The first kappa shape index (κ1) is 42.0. The maximum Gasteiger partial charge on any atom is 0.414 e. The summed E-state index contributed by atoms with van der Waals surface area (Å²) < 4.78 is 33.0. The Kier molecular flexibility index (Phi) is 15.8. The zero-order chi connectivity index (χ0) is 39.1. The zero-order valence-corrected chi connectivity index (χ0v) is 31.6. The number of amides is 3. The van der Waals surface area contributed by atoms with Crippen LogP contribution in [-0.4, -0.2) is 56.8 Å². The van der Waals surface area contributed by atoms with E-state index in [-0.39, 0.29) is 0 Å². The number of ether oxygens (including phenoxy) is 6. The van der Waals surface area contributed by atoms with Crippen LogP contribution in [0.15, 0.2) is 109 Å². The average Bonchev–Trinajstić information content (AvgIpc) is 3.09. The van der Waals surface area contributed by atoms with Crippen molar-refractivity contribution in [3.63, 3.8) is 0 Å². The number of carbonyl (C=O) groups is 3. The zero-order valence-electron chi connectivity index (χ0n) is 31.6. The minimum atomic E-state index is -0.775. The molecule has 3 rings (SSSR count). The van der Waals surface area contributed by atoms with E-state index in [1.165, 1.54) is 0 Å². The molecule has 0 aliphatic carbocycles. The highest BCUT2D eigenvalue weighted by atomic mass is 16.6. The SMILES string of the molecule is C=C(C)COC(C)NC(=O)Oc1ccc(C(C)(c2ccc(OC(=O)NC(C)OCC(=C)C)cc2)c2ccc(OC(=O)NC(C)OCC(=C)C)cc2)cc1. The van der Waals surface area contributed by atoms with E-state index in [0.717, 1.165) is 33.4 Å². The topological polar surface area (TPSA) is 143 Å². The van der Waals surface area contributed by atoms with E-state index in [1.54, 1.807) is 57.2 Å². The Hall–Kier alpha value is -5.43. The third-order valence-corrected chi connectivity index (χ3v) is 7.63. The minimum absolute atomic E-state index is 0.309. The Morgan fingerprint density at radius 3 is 0.943 bits per heavy atom. The summed E-state index contributed by atoms with van der Waals surface area (Å²) in [7, 11) is 0. The highest BCUT2D eigenvalue weighted by Gasteiger charge is 2.32. The predicted octanol–water partition coefficient (Wildman–Crippen LogP) is 8.12. The molecule has 0 aliphatic heterocycles. The molecular weight excluding hydrogens is 678 g/mol. The molecule has 3 aromatic rings. The van der Waals surface area contributed by atoms with Gasteiger partial charge >= 0.3 is 18.3 Å². The maximum atomic E-state index is 12.5. The molecule has 3 unspecified atom stereocenters. The van der Waals surface area contributed by atoms with Crippen molar-refractivity contribution in [2.75, 3.05) is 19.8 Å². The Morgan fingerprint density at radius 1 is 0.509 bits per heavy atom. The molecule has 0 saturated carbocycles. The van der Waals surface area contributed by atoms with Gasteiger partial charge in [-0.05, 0) is 102 Å². The Balaban J connectivity index is 1.84. The monoisotopic (exact) mass is 729 g/mol. The van der Waals surface area contributed by atoms with Crippen molar-refractivity contribution in [3.05, 3.63) is 126 Å². The highest BCUT2D eigenvalue weighted by Crippen LogP contribution is 2.40. The summed E-state index contributed by atoms with van der Waals surface area (Å²) in [6.45, 7) is 24.9. The van der Waals surface area contributed by atoms with Gasteiger partial charge in [-0.3, -0.25) is 16.0 Å². The normalized spacial score (nSPS) is 13.6. The molecule has 0 radical (unpaired) electrons. The van der Waals surface area contributed by atoms with Crippen LogP contribution < -0.4 is 30.2 Å². The summed E-state index contributed by atoms with van der Waals surface area (Å²) in [5.41, 5.74) is 4.28. The first-order valence-electron chi connectivity index (χ1n) is 17.1. The number of hydrogen-bond acceptors (Lipinski definition) is 9. The van der Waals surface area contributed by atoms with Crippen LogP contribution >= 0.6 is 0 Å². The summed E-state index contributed by atoms with van der Waals surface area (Å²) in [4.78, 5) is 37.5. The number of carbonyl (C=O) groups excluding carboxylic acids is 3. The average molecular weight is 730 g/mol. The van der Waals surface area contributed by atoms with Crippen LogP contribution in [0.1, 0.15) is 65.2 Å². The molecule has 0 heterocycles. The van der Waals surface area contributed by atoms with Crippen molar-refractivity contribution >= 4 is 18.3 Å². The molecule has 0 fully saturated rings. The van der Waals surface area contributed by atoms with Gasteiger partial charge in [0.25, 0.3) is 0 Å². The minimum Gasteiger partial charge on any atom is -0.410 e. The first-order valence-corrected chi connectivity index (χ1v) is 17.1. The molecule has 53 heavy (non-hydrogen) atoms. The molecule has 0 bridgehead atoms.